The number of nitrogens with zero attached hydrogens (tertiary/aromatic N) is 1. The molecule has 0 aliphatic carbocycles. The predicted octanol–water partition coefficient (Wildman–Crippen LogP) is 2.38. The molecule has 16 heavy (non-hydrogen) atoms. The van der Waals surface area contributed by atoms with Crippen molar-refractivity contribution in [2.75, 3.05) is 7.11 Å². The minimum Gasteiger partial charge on any atom is -0.507 e. The van der Waals surface area contributed by atoms with E-state index < -0.39 is 5.97 Å². The van der Waals surface area contributed by atoms with Crippen LogP contribution in [0.4, 0.5) is 0 Å². The summed E-state index contributed by atoms with van der Waals surface area (Å²) < 4.78 is 4.52. The molecule has 0 atom stereocenters. The van der Waals surface area contributed by atoms with E-state index in [1.165, 1.54) is 13.2 Å². The van der Waals surface area contributed by atoms with Crippen LogP contribution in [0.3, 0.4) is 0 Å². The lowest BCUT2D eigenvalue weighted by molar-refractivity contribution is 0.0594. The molecule has 2 rings (SSSR count). The SMILES string of the molecule is COC(=O)c1cc(O)c2c(Cl)cccc2n1. The van der Waals surface area contributed by atoms with Gasteiger partial charge in [0.25, 0.3) is 0 Å². The van der Waals surface area contributed by atoms with E-state index in [0.29, 0.717) is 15.9 Å². The molecule has 0 unspecified atom stereocenters. The Balaban J connectivity index is 2.73. The maximum atomic E-state index is 11.3. The number of aromatic nitrogens is 1. The minimum atomic E-state index is -0.600. The topological polar surface area (TPSA) is 59.4 Å². The van der Waals surface area contributed by atoms with Crippen LogP contribution in [0.25, 0.3) is 10.9 Å². The number of fused-ring (bicyclic) bond motifs is 1. The highest BCUT2D eigenvalue weighted by molar-refractivity contribution is 6.36. The van der Waals surface area contributed by atoms with Gasteiger partial charge in [-0.15, -0.1) is 0 Å². The second-order valence-corrected chi connectivity index (χ2v) is 3.56. The number of pyridine rings is 1. The van der Waals surface area contributed by atoms with Gasteiger partial charge < -0.3 is 9.84 Å². The van der Waals surface area contributed by atoms with Gasteiger partial charge in [0.15, 0.2) is 5.69 Å². The van der Waals surface area contributed by atoms with Crippen LogP contribution in [0.1, 0.15) is 10.5 Å². The van der Waals surface area contributed by atoms with E-state index in [-0.39, 0.29) is 11.4 Å². The third kappa shape index (κ3) is 1.67. The van der Waals surface area contributed by atoms with E-state index in [1.54, 1.807) is 18.2 Å². The van der Waals surface area contributed by atoms with Crippen LogP contribution in [-0.4, -0.2) is 23.2 Å². The number of carbonyl (C=O) groups excluding carboxylic acids is 1. The Kier molecular flexibility index (Phi) is 2.66. The van der Waals surface area contributed by atoms with Crippen molar-refractivity contribution >= 4 is 28.5 Å². The molecule has 0 bridgehead atoms. The van der Waals surface area contributed by atoms with Crippen molar-refractivity contribution in [3.63, 3.8) is 0 Å². The fourth-order valence-corrected chi connectivity index (χ4v) is 1.70. The second-order valence-electron chi connectivity index (χ2n) is 3.15. The molecule has 0 spiro atoms. The summed E-state index contributed by atoms with van der Waals surface area (Å²) in [5.41, 5.74) is 0.502. The number of aromatic hydroxyl groups is 1. The summed E-state index contributed by atoms with van der Waals surface area (Å²) in [6.45, 7) is 0. The maximum absolute atomic E-state index is 11.3. The van der Waals surface area contributed by atoms with E-state index in [0.717, 1.165) is 0 Å². The highest BCUT2D eigenvalue weighted by atomic mass is 35.5. The highest BCUT2D eigenvalue weighted by Gasteiger charge is 2.13. The first-order chi connectivity index (χ1) is 7.63. The lowest BCUT2D eigenvalue weighted by Gasteiger charge is -2.05. The van der Waals surface area contributed by atoms with Gasteiger partial charge in [0.2, 0.25) is 0 Å². The molecule has 82 valence electrons. The molecule has 0 aliphatic rings. The molecule has 4 nitrogen and oxygen atoms in total. The standard InChI is InChI=1S/C11H8ClNO3/c1-16-11(15)8-5-9(14)10-6(12)3-2-4-7(10)13-8/h2-5H,1H3,(H,13,14). The zero-order valence-corrected chi connectivity index (χ0v) is 9.15. The van der Waals surface area contributed by atoms with Gasteiger partial charge in [-0.05, 0) is 12.1 Å². The van der Waals surface area contributed by atoms with Crippen molar-refractivity contribution in [3.8, 4) is 5.75 Å². The van der Waals surface area contributed by atoms with Crippen LogP contribution < -0.4 is 0 Å². The van der Waals surface area contributed by atoms with Crippen molar-refractivity contribution < 1.29 is 14.6 Å². The zero-order valence-electron chi connectivity index (χ0n) is 8.40. The number of rotatable bonds is 1. The molecule has 1 heterocycles. The highest BCUT2D eigenvalue weighted by Crippen LogP contribution is 2.30. The monoisotopic (exact) mass is 237 g/mol. The maximum Gasteiger partial charge on any atom is 0.356 e. The smallest absolute Gasteiger partial charge is 0.356 e. The van der Waals surface area contributed by atoms with Gasteiger partial charge >= 0.3 is 5.97 Å². The van der Waals surface area contributed by atoms with E-state index in [4.69, 9.17) is 11.6 Å². The Bertz CT molecular complexity index is 568. The Labute approximate surface area is 96.4 Å². The molecule has 1 N–H and O–H groups in total. The molecular weight excluding hydrogens is 230 g/mol. The quantitative estimate of drug-likeness (QED) is 0.774. The van der Waals surface area contributed by atoms with Gasteiger partial charge in [0.05, 0.1) is 23.0 Å². The summed E-state index contributed by atoms with van der Waals surface area (Å²) in [4.78, 5) is 15.3. The molecule has 0 radical (unpaired) electrons. The first kappa shape index (κ1) is 10.7. The molecule has 0 amide bonds. The molecular formula is C11H8ClNO3. The molecule has 0 fully saturated rings. The molecule has 0 aliphatic heterocycles. The largest absolute Gasteiger partial charge is 0.507 e. The average Bonchev–Trinajstić information content (AvgIpc) is 2.27. The van der Waals surface area contributed by atoms with Crippen LogP contribution in [0.5, 0.6) is 5.75 Å². The molecule has 2 aromatic rings. The summed E-state index contributed by atoms with van der Waals surface area (Å²) in [5.74, 6) is -0.687. The van der Waals surface area contributed by atoms with Crippen LogP contribution in [-0.2, 0) is 4.74 Å². The number of hydrogen-bond acceptors (Lipinski definition) is 4. The van der Waals surface area contributed by atoms with E-state index in [2.05, 4.69) is 9.72 Å². The summed E-state index contributed by atoms with van der Waals surface area (Å²) in [6, 6.07) is 6.23. The van der Waals surface area contributed by atoms with Crippen LogP contribution >= 0.6 is 11.6 Å². The fraction of sp³-hybridized carbons (Fsp3) is 0.0909. The first-order valence-corrected chi connectivity index (χ1v) is 4.88. The minimum absolute atomic E-state index is 0.0507. The van der Waals surface area contributed by atoms with E-state index in [9.17, 15) is 9.90 Å². The second kappa shape index (κ2) is 3.98. The molecule has 5 heteroatoms. The van der Waals surface area contributed by atoms with Crippen LogP contribution in [0.2, 0.25) is 5.02 Å². The lowest BCUT2D eigenvalue weighted by atomic mass is 10.2. The Morgan fingerprint density at radius 2 is 2.25 bits per heavy atom. The van der Waals surface area contributed by atoms with Gasteiger partial charge in [0.1, 0.15) is 5.75 Å². The lowest BCUT2D eigenvalue weighted by Crippen LogP contribution is -2.04. The number of benzene rings is 1. The first-order valence-electron chi connectivity index (χ1n) is 4.50. The third-order valence-corrected chi connectivity index (χ3v) is 2.47. The Hall–Kier alpha value is -1.81. The molecule has 1 aromatic heterocycles. The molecule has 0 saturated heterocycles. The van der Waals surface area contributed by atoms with Gasteiger partial charge in [-0.3, -0.25) is 0 Å². The Morgan fingerprint density at radius 1 is 1.50 bits per heavy atom. The summed E-state index contributed by atoms with van der Waals surface area (Å²) in [6.07, 6.45) is 0. The summed E-state index contributed by atoms with van der Waals surface area (Å²) in [5, 5.41) is 10.6. The number of ether oxygens (including phenoxy) is 1. The fourth-order valence-electron chi connectivity index (χ4n) is 1.43. The number of esters is 1. The Morgan fingerprint density at radius 3 is 2.94 bits per heavy atom. The average molecular weight is 238 g/mol. The van der Waals surface area contributed by atoms with Gasteiger partial charge in [0, 0.05) is 6.07 Å². The van der Waals surface area contributed by atoms with Gasteiger partial charge in [-0.25, -0.2) is 9.78 Å². The molecule has 0 saturated carbocycles. The third-order valence-electron chi connectivity index (χ3n) is 2.16. The normalized spacial score (nSPS) is 10.4. The van der Waals surface area contributed by atoms with Gasteiger partial charge in [-0.1, -0.05) is 17.7 Å². The van der Waals surface area contributed by atoms with Crippen molar-refractivity contribution in [1.29, 1.82) is 0 Å². The number of methoxy groups -OCH3 is 1. The van der Waals surface area contributed by atoms with Gasteiger partial charge in [-0.2, -0.15) is 0 Å². The van der Waals surface area contributed by atoms with Crippen molar-refractivity contribution in [2.45, 2.75) is 0 Å². The number of halogens is 1. The van der Waals surface area contributed by atoms with Crippen molar-refractivity contribution in [2.24, 2.45) is 0 Å². The molecule has 1 aromatic carbocycles. The summed E-state index contributed by atoms with van der Waals surface area (Å²) in [7, 11) is 1.25. The number of hydrogen-bond donors (Lipinski definition) is 1. The predicted molar refractivity (Wildman–Crippen MR) is 59.8 cm³/mol. The summed E-state index contributed by atoms with van der Waals surface area (Å²) >= 11 is 5.91. The van der Waals surface area contributed by atoms with Crippen LogP contribution in [0, 0.1) is 0 Å². The van der Waals surface area contributed by atoms with Crippen LogP contribution in [0.15, 0.2) is 24.3 Å². The van der Waals surface area contributed by atoms with E-state index in [1.807, 2.05) is 0 Å². The zero-order chi connectivity index (χ0) is 11.7. The van der Waals surface area contributed by atoms with Crippen molar-refractivity contribution in [1.82, 2.24) is 4.98 Å². The van der Waals surface area contributed by atoms with Crippen molar-refractivity contribution in [3.05, 3.63) is 35.0 Å². The van der Waals surface area contributed by atoms with E-state index >= 15 is 0 Å². The number of carbonyl (C=O) groups is 1.